The number of carbonyl (C=O) groups excluding carboxylic acids is 2. The molecule has 0 bridgehead atoms. The zero-order chi connectivity index (χ0) is 11.9. The van der Waals surface area contributed by atoms with Gasteiger partial charge in [0.15, 0.2) is 0 Å². The molecule has 0 radical (unpaired) electrons. The molecular weight excluding hydrogens is 204 g/mol. The lowest BCUT2D eigenvalue weighted by Gasteiger charge is -2.46. The summed E-state index contributed by atoms with van der Waals surface area (Å²) in [4.78, 5) is 27.3. The van der Waals surface area contributed by atoms with Gasteiger partial charge in [0, 0.05) is 24.5 Å². The third kappa shape index (κ3) is 1.81. The average molecular weight is 224 g/mol. The Kier molecular flexibility index (Phi) is 2.68. The maximum Gasteiger partial charge on any atom is 0.327 e. The van der Waals surface area contributed by atoms with Crippen molar-refractivity contribution in [2.75, 3.05) is 6.54 Å². The molecule has 0 aromatic rings. The molecule has 0 N–H and O–H groups in total. The molecule has 2 fully saturated rings. The maximum atomic E-state index is 12.2. The summed E-state index contributed by atoms with van der Waals surface area (Å²) in [5.41, 5.74) is -0.195. The van der Waals surface area contributed by atoms with Crippen molar-refractivity contribution in [1.82, 2.24) is 9.80 Å². The highest BCUT2D eigenvalue weighted by atomic mass is 16.2. The molecule has 1 saturated heterocycles. The molecule has 0 aromatic carbocycles. The van der Waals surface area contributed by atoms with Crippen molar-refractivity contribution in [3.63, 3.8) is 0 Å². The van der Waals surface area contributed by atoms with E-state index >= 15 is 0 Å². The van der Waals surface area contributed by atoms with Gasteiger partial charge in [-0.3, -0.25) is 9.69 Å². The van der Waals surface area contributed by atoms with E-state index in [1.54, 1.807) is 0 Å². The van der Waals surface area contributed by atoms with Crippen LogP contribution in [0.2, 0.25) is 0 Å². The molecule has 2 aliphatic rings. The lowest BCUT2D eigenvalue weighted by molar-refractivity contribution is -0.135. The van der Waals surface area contributed by atoms with E-state index in [4.69, 9.17) is 0 Å². The molecule has 0 spiro atoms. The minimum absolute atomic E-state index is 0.00944. The first-order valence-electron chi connectivity index (χ1n) is 6.05. The van der Waals surface area contributed by atoms with Crippen LogP contribution in [0.4, 0.5) is 4.79 Å². The van der Waals surface area contributed by atoms with Gasteiger partial charge in [-0.1, -0.05) is 0 Å². The Balaban J connectivity index is 2.16. The summed E-state index contributed by atoms with van der Waals surface area (Å²) in [6, 6.07) is 0.0820. The van der Waals surface area contributed by atoms with E-state index in [-0.39, 0.29) is 23.5 Å². The predicted molar refractivity (Wildman–Crippen MR) is 61.0 cm³/mol. The quantitative estimate of drug-likeness (QED) is 0.683. The van der Waals surface area contributed by atoms with Gasteiger partial charge in [-0.2, -0.15) is 0 Å². The Hall–Kier alpha value is -1.06. The average Bonchev–Trinajstić information content (AvgIpc) is 2.06. The van der Waals surface area contributed by atoms with Crippen molar-refractivity contribution in [3.8, 4) is 0 Å². The van der Waals surface area contributed by atoms with Crippen LogP contribution in [-0.2, 0) is 4.79 Å². The molecule has 1 heterocycles. The highest BCUT2D eigenvalue weighted by Crippen LogP contribution is 2.30. The van der Waals surface area contributed by atoms with Crippen LogP contribution in [0, 0.1) is 0 Å². The monoisotopic (exact) mass is 224 g/mol. The lowest BCUT2D eigenvalue weighted by atomic mass is 9.90. The minimum Gasteiger partial charge on any atom is -0.319 e. The van der Waals surface area contributed by atoms with Crippen LogP contribution in [0.3, 0.4) is 0 Å². The largest absolute Gasteiger partial charge is 0.327 e. The molecular formula is C12H20N2O2. The number of carbonyl (C=O) groups is 2. The number of amides is 3. The first-order chi connectivity index (χ1) is 7.41. The van der Waals surface area contributed by atoms with Gasteiger partial charge >= 0.3 is 6.03 Å². The van der Waals surface area contributed by atoms with E-state index in [0.717, 1.165) is 19.3 Å². The lowest BCUT2D eigenvalue weighted by Crippen LogP contribution is -2.61. The molecule has 4 heteroatoms. The van der Waals surface area contributed by atoms with Crippen LogP contribution in [0.25, 0.3) is 0 Å². The van der Waals surface area contributed by atoms with E-state index < -0.39 is 0 Å². The molecule has 0 atom stereocenters. The predicted octanol–water partition coefficient (Wildman–Crippen LogP) is 1.99. The molecule has 3 amide bonds. The highest BCUT2D eigenvalue weighted by molar-refractivity contribution is 5.97. The van der Waals surface area contributed by atoms with Crippen molar-refractivity contribution in [2.24, 2.45) is 0 Å². The molecule has 90 valence electrons. The zero-order valence-electron chi connectivity index (χ0n) is 10.3. The van der Waals surface area contributed by atoms with Crippen molar-refractivity contribution >= 4 is 11.9 Å². The van der Waals surface area contributed by atoms with Gasteiger partial charge in [0.25, 0.3) is 0 Å². The Morgan fingerprint density at radius 2 is 1.81 bits per heavy atom. The molecule has 4 nitrogen and oxygen atoms in total. The standard InChI is InChI=1S/C12H20N2O2/c1-12(2,3)13-8-7-10(15)14(11(13)16)9-5-4-6-9/h9H,4-8H2,1-3H3. The summed E-state index contributed by atoms with van der Waals surface area (Å²) in [6.07, 6.45) is 3.57. The second-order valence-corrected chi connectivity index (χ2v) is 5.70. The Labute approximate surface area is 96.6 Å². The van der Waals surface area contributed by atoms with Gasteiger partial charge in [-0.05, 0) is 40.0 Å². The van der Waals surface area contributed by atoms with E-state index in [1.165, 1.54) is 4.90 Å². The third-order valence-electron chi connectivity index (χ3n) is 3.50. The number of hydrogen-bond donors (Lipinski definition) is 0. The van der Waals surface area contributed by atoms with Crippen LogP contribution in [0.15, 0.2) is 0 Å². The number of urea groups is 1. The van der Waals surface area contributed by atoms with Crippen molar-refractivity contribution < 1.29 is 9.59 Å². The Bertz CT molecular complexity index is 315. The van der Waals surface area contributed by atoms with Gasteiger partial charge in [0.1, 0.15) is 0 Å². The molecule has 16 heavy (non-hydrogen) atoms. The SMILES string of the molecule is CC(C)(C)N1CCC(=O)N(C2CCC2)C1=O. The Morgan fingerprint density at radius 3 is 2.25 bits per heavy atom. The van der Waals surface area contributed by atoms with Crippen LogP contribution in [0.5, 0.6) is 0 Å². The summed E-state index contributed by atoms with van der Waals surface area (Å²) < 4.78 is 0. The van der Waals surface area contributed by atoms with Crippen LogP contribution in [0.1, 0.15) is 46.5 Å². The van der Waals surface area contributed by atoms with E-state index in [2.05, 4.69) is 0 Å². The van der Waals surface area contributed by atoms with Crippen LogP contribution >= 0.6 is 0 Å². The van der Waals surface area contributed by atoms with Crippen molar-refractivity contribution in [1.29, 1.82) is 0 Å². The zero-order valence-corrected chi connectivity index (χ0v) is 10.3. The summed E-state index contributed by atoms with van der Waals surface area (Å²) in [5.74, 6) is 0.00944. The van der Waals surface area contributed by atoms with Crippen LogP contribution in [-0.4, -0.2) is 39.9 Å². The number of rotatable bonds is 1. The first kappa shape index (κ1) is 11.4. The molecule has 0 aromatic heterocycles. The summed E-state index contributed by atoms with van der Waals surface area (Å²) >= 11 is 0. The summed E-state index contributed by atoms with van der Waals surface area (Å²) in [6.45, 7) is 6.60. The van der Waals surface area contributed by atoms with Gasteiger partial charge in [0.2, 0.25) is 5.91 Å². The molecule has 0 unspecified atom stereocenters. The van der Waals surface area contributed by atoms with E-state index in [1.807, 2.05) is 25.7 Å². The van der Waals surface area contributed by atoms with Gasteiger partial charge in [-0.25, -0.2) is 4.79 Å². The van der Waals surface area contributed by atoms with Crippen LogP contribution < -0.4 is 0 Å². The number of imide groups is 1. The first-order valence-corrected chi connectivity index (χ1v) is 6.05. The molecule has 1 aliphatic carbocycles. The fourth-order valence-electron chi connectivity index (χ4n) is 2.29. The van der Waals surface area contributed by atoms with E-state index in [9.17, 15) is 9.59 Å². The summed E-state index contributed by atoms with van der Waals surface area (Å²) in [5, 5.41) is 0. The highest BCUT2D eigenvalue weighted by Gasteiger charge is 2.42. The molecule has 1 saturated carbocycles. The Morgan fingerprint density at radius 1 is 1.19 bits per heavy atom. The minimum atomic E-state index is -0.195. The normalized spacial score (nSPS) is 23.7. The van der Waals surface area contributed by atoms with Gasteiger partial charge < -0.3 is 4.90 Å². The van der Waals surface area contributed by atoms with E-state index in [0.29, 0.717) is 13.0 Å². The molecule has 2 rings (SSSR count). The topological polar surface area (TPSA) is 40.6 Å². The maximum absolute atomic E-state index is 12.2. The number of nitrogens with zero attached hydrogens (tertiary/aromatic N) is 2. The van der Waals surface area contributed by atoms with Gasteiger partial charge in [0.05, 0.1) is 0 Å². The smallest absolute Gasteiger partial charge is 0.319 e. The number of hydrogen-bond acceptors (Lipinski definition) is 2. The fourth-order valence-corrected chi connectivity index (χ4v) is 2.29. The third-order valence-corrected chi connectivity index (χ3v) is 3.50. The van der Waals surface area contributed by atoms with Crippen molar-refractivity contribution in [3.05, 3.63) is 0 Å². The van der Waals surface area contributed by atoms with Gasteiger partial charge in [-0.15, -0.1) is 0 Å². The fraction of sp³-hybridized carbons (Fsp3) is 0.833. The second-order valence-electron chi connectivity index (χ2n) is 5.70. The molecule has 1 aliphatic heterocycles. The second kappa shape index (κ2) is 3.75. The van der Waals surface area contributed by atoms with Crippen molar-refractivity contribution in [2.45, 2.75) is 58.0 Å². The summed E-state index contributed by atoms with van der Waals surface area (Å²) in [7, 11) is 0.